The van der Waals surface area contributed by atoms with Crippen LogP contribution in [0.2, 0.25) is 0 Å². The van der Waals surface area contributed by atoms with Crippen LogP contribution in [0.25, 0.3) is 0 Å². The molecule has 0 aromatic heterocycles. The lowest BCUT2D eigenvalue weighted by atomic mass is 10.1. The first kappa shape index (κ1) is 15.7. The van der Waals surface area contributed by atoms with Gasteiger partial charge >= 0.3 is 0 Å². The Bertz CT molecular complexity index is 501. The van der Waals surface area contributed by atoms with E-state index in [1.807, 2.05) is 31.2 Å². The summed E-state index contributed by atoms with van der Waals surface area (Å²) in [7, 11) is 0. The van der Waals surface area contributed by atoms with Crippen LogP contribution in [0.5, 0.6) is 0 Å². The number of hydrogen-bond donors (Lipinski definition) is 1. The maximum absolute atomic E-state index is 13.6. The fourth-order valence-electron chi connectivity index (χ4n) is 2.65. The number of rotatable bonds is 6. The Morgan fingerprint density at radius 2 is 2.29 bits per heavy atom. The number of amides is 1. The summed E-state index contributed by atoms with van der Waals surface area (Å²) in [5.74, 6) is 0.396. The topological polar surface area (TPSA) is 32.3 Å². The van der Waals surface area contributed by atoms with Gasteiger partial charge in [-0.25, -0.2) is 4.39 Å². The summed E-state index contributed by atoms with van der Waals surface area (Å²) >= 11 is 0. The van der Waals surface area contributed by atoms with E-state index >= 15 is 0 Å². The van der Waals surface area contributed by atoms with Crippen molar-refractivity contribution in [1.82, 2.24) is 10.2 Å². The fourth-order valence-corrected chi connectivity index (χ4v) is 2.65. The first-order valence-corrected chi connectivity index (χ1v) is 7.52. The van der Waals surface area contributed by atoms with E-state index in [1.165, 1.54) is 6.07 Å². The SMILES string of the molecule is C/C=C/CC(=O)NC[C@@H]1CCN(Cc2ccccc2F)C1. The van der Waals surface area contributed by atoms with Gasteiger partial charge in [-0.3, -0.25) is 9.69 Å². The van der Waals surface area contributed by atoms with Crippen LogP contribution in [0.15, 0.2) is 36.4 Å². The minimum atomic E-state index is -0.138. The molecule has 1 amide bonds. The van der Waals surface area contributed by atoms with Gasteiger partial charge in [0.25, 0.3) is 0 Å². The Morgan fingerprint density at radius 3 is 3.05 bits per heavy atom. The van der Waals surface area contributed by atoms with Crippen molar-refractivity contribution in [2.45, 2.75) is 26.3 Å². The predicted octanol–water partition coefficient (Wildman–Crippen LogP) is 2.73. The third kappa shape index (κ3) is 4.97. The van der Waals surface area contributed by atoms with E-state index in [1.54, 1.807) is 6.07 Å². The van der Waals surface area contributed by atoms with E-state index in [-0.39, 0.29) is 11.7 Å². The molecule has 1 aromatic rings. The maximum atomic E-state index is 13.6. The van der Waals surface area contributed by atoms with Crippen molar-refractivity contribution >= 4 is 5.91 Å². The zero-order valence-corrected chi connectivity index (χ0v) is 12.5. The normalized spacial score (nSPS) is 19.2. The molecule has 2 rings (SSSR count). The van der Waals surface area contributed by atoms with Gasteiger partial charge in [-0.2, -0.15) is 0 Å². The Kier molecular flexibility index (Phi) is 5.93. The summed E-state index contributed by atoms with van der Waals surface area (Å²) in [6.45, 7) is 5.15. The Balaban J connectivity index is 1.74. The molecule has 0 aliphatic carbocycles. The number of nitrogens with one attached hydrogen (secondary N) is 1. The van der Waals surface area contributed by atoms with Crippen molar-refractivity contribution in [3.8, 4) is 0 Å². The average Bonchev–Trinajstić information content (AvgIpc) is 2.93. The molecule has 21 heavy (non-hydrogen) atoms. The number of carbonyl (C=O) groups excluding carboxylic acids is 1. The molecule has 1 N–H and O–H groups in total. The average molecular weight is 290 g/mol. The largest absolute Gasteiger partial charge is 0.356 e. The summed E-state index contributed by atoms with van der Waals surface area (Å²) in [4.78, 5) is 13.8. The van der Waals surface area contributed by atoms with Crippen LogP contribution < -0.4 is 5.32 Å². The van der Waals surface area contributed by atoms with Crippen LogP contribution in [0.3, 0.4) is 0 Å². The zero-order valence-electron chi connectivity index (χ0n) is 12.5. The molecule has 1 saturated heterocycles. The molecule has 0 unspecified atom stereocenters. The van der Waals surface area contributed by atoms with E-state index in [2.05, 4.69) is 10.2 Å². The van der Waals surface area contributed by atoms with Gasteiger partial charge in [0, 0.05) is 31.6 Å². The number of benzene rings is 1. The molecule has 1 aromatic carbocycles. The van der Waals surface area contributed by atoms with Crippen molar-refractivity contribution in [1.29, 1.82) is 0 Å². The second-order valence-electron chi connectivity index (χ2n) is 5.56. The summed E-state index contributed by atoms with van der Waals surface area (Å²) in [6, 6.07) is 6.92. The number of halogens is 1. The van der Waals surface area contributed by atoms with Crippen LogP contribution >= 0.6 is 0 Å². The van der Waals surface area contributed by atoms with Gasteiger partial charge in [0.05, 0.1) is 0 Å². The van der Waals surface area contributed by atoms with Crippen LogP contribution in [0.1, 0.15) is 25.3 Å². The van der Waals surface area contributed by atoms with Crippen molar-refractivity contribution in [2.24, 2.45) is 5.92 Å². The molecule has 1 fully saturated rings. The summed E-state index contributed by atoms with van der Waals surface area (Å²) in [5, 5.41) is 2.96. The maximum Gasteiger partial charge on any atom is 0.223 e. The number of allylic oxidation sites excluding steroid dienone is 1. The highest BCUT2D eigenvalue weighted by Gasteiger charge is 2.23. The molecule has 1 heterocycles. The van der Waals surface area contributed by atoms with E-state index in [4.69, 9.17) is 0 Å². The standard InChI is InChI=1S/C17H23FN2O/c1-2-3-8-17(21)19-11-14-9-10-20(12-14)13-15-6-4-5-7-16(15)18/h2-7,14H,8-13H2,1H3,(H,19,21)/b3-2+/t14-/m0/s1. The third-order valence-electron chi connectivity index (χ3n) is 3.85. The molecule has 4 heteroatoms. The number of likely N-dealkylation sites (tertiary alicyclic amines) is 1. The minimum Gasteiger partial charge on any atom is -0.356 e. The molecule has 0 spiro atoms. The van der Waals surface area contributed by atoms with Gasteiger partial charge in [0.15, 0.2) is 0 Å². The molecule has 1 aliphatic heterocycles. The third-order valence-corrected chi connectivity index (χ3v) is 3.85. The lowest BCUT2D eigenvalue weighted by Gasteiger charge is -2.16. The highest BCUT2D eigenvalue weighted by molar-refractivity contribution is 5.77. The van der Waals surface area contributed by atoms with Crippen LogP contribution in [-0.2, 0) is 11.3 Å². The lowest BCUT2D eigenvalue weighted by Crippen LogP contribution is -2.30. The smallest absolute Gasteiger partial charge is 0.223 e. The second kappa shape index (κ2) is 7.93. The zero-order chi connectivity index (χ0) is 15.1. The molecule has 1 aliphatic rings. The van der Waals surface area contributed by atoms with Gasteiger partial charge in [-0.15, -0.1) is 0 Å². The second-order valence-corrected chi connectivity index (χ2v) is 5.56. The highest BCUT2D eigenvalue weighted by atomic mass is 19.1. The quantitative estimate of drug-likeness (QED) is 0.817. The van der Waals surface area contributed by atoms with E-state index < -0.39 is 0 Å². The van der Waals surface area contributed by atoms with Crippen LogP contribution in [0, 0.1) is 11.7 Å². The highest BCUT2D eigenvalue weighted by Crippen LogP contribution is 2.19. The van der Waals surface area contributed by atoms with Crippen LogP contribution in [0.4, 0.5) is 4.39 Å². The van der Waals surface area contributed by atoms with Crippen molar-refractivity contribution in [3.05, 3.63) is 47.8 Å². The number of nitrogens with zero attached hydrogens (tertiary/aromatic N) is 1. The lowest BCUT2D eigenvalue weighted by molar-refractivity contribution is -0.120. The van der Waals surface area contributed by atoms with E-state index in [0.29, 0.717) is 25.4 Å². The predicted molar refractivity (Wildman–Crippen MR) is 82.2 cm³/mol. The van der Waals surface area contributed by atoms with Crippen molar-refractivity contribution < 1.29 is 9.18 Å². The molecule has 114 valence electrons. The number of hydrogen-bond acceptors (Lipinski definition) is 2. The molecular weight excluding hydrogens is 267 g/mol. The minimum absolute atomic E-state index is 0.0700. The van der Waals surface area contributed by atoms with Gasteiger partial charge in [0.2, 0.25) is 5.91 Å². The summed E-state index contributed by atoms with van der Waals surface area (Å²) in [6.07, 6.45) is 5.24. The fraction of sp³-hybridized carbons (Fsp3) is 0.471. The van der Waals surface area contributed by atoms with Crippen LogP contribution in [-0.4, -0.2) is 30.4 Å². The first-order valence-electron chi connectivity index (χ1n) is 7.52. The molecule has 3 nitrogen and oxygen atoms in total. The molecule has 0 bridgehead atoms. The van der Waals surface area contributed by atoms with Gasteiger partial charge < -0.3 is 5.32 Å². The van der Waals surface area contributed by atoms with Gasteiger partial charge in [-0.05, 0) is 31.9 Å². The monoisotopic (exact) mass is 290 g/mol. The van der Waals surface area contributed by atoms with E-state index in [9.17, 15) is 9.18 Å². The van der Waals surface area contributed by atoms with Crippen molar-refractivity contribution in [3.63, 3.8) is 0 Å². The first-order chi connectivity index (χ1) is 10.2. The molecule has 0 radical (unpaired) electrons. The Hall–Kier alpha value is -1.68. The molecule has 1 atom stereocenters. The Labute approximate surface area is 125 Å². The van der Waals surface area contributed by atoms with Gasteiger partial charge in [-0.1, -0.05) is 30.4 Å². The summed E-state index contributed by atoms with van der Waals surface area (Å²) < 4.78 is 13.6. The Morgan fingerprint density at radius 1 is 1.48 bits per heavy atom. The van der Waals surface area contributed by atoms with Gasteiger partial charge in [0.1, 0.15) is 5.82 Å². The number of carbonyl (C=O) groups is 1. The summed E-state index contributed by atoms with van der Waals surface area (Å²) in [5.41, 5.74) is 0.746. The van der Waals surface area contributed by atoms with Crippen molar-refractivity contribution in [2.75, 3.05) is 19.6 Å². The molecule has 0 saturated carbocycles. The molecular formula is C17H23FN2O. The van der Waals surface area contributed by atoms with E-state index in [0.717, 1.165) is 25.1 Å².